The molecule has 1 amide bonds. The van der Waals surface area contributed by atoms with Crippen molar-refractivity contribution in [1.29, 1.82) is 0 Å². The lowest BCUT2D eigenvalue weighted by Gasteiger charge is -2.19. The van der Waals surface area contributed by atoms with Gasteiger partial charge >= 0.3 is 0 Å². The summed E-state index contributed by atoms with van der Waals surface area (Å²) in [6.45, 7) is 2.74. The molecule has 2 aromatic rings. The van der Waals surface area contributed by atoms with Crippen LogP contribution in [0.4, 0.5) is 0 Å². The van der Waals surface area contributed by atoms with Gasteiger partial charge in [0.15, 0.2) is 0 Å². The maximum atomic E-state index is 12.5. The Kier molecular flexibility index (Phi) is 4.43. The molecule has 1 aliphatic heterocycles. The normalized spacial score (nSPS) is 18.8. The zero-order chi connectivity index (χ0) is 16.4. The lowest BCUT2D eigenvalue weighted by Crippen LogP contribution is -2.40. The zero-order valence-electron chi connectivity index (χ0n) is 13.6. The molecule has 1 aliphatic rings. The molecule has 2 N–H and O–H groups in total. The number of nitrogens with one attached hydrogen (secondary N) is 2. The summed E-state index contributed by atoms with van der Waals surface area (Å²) < 4.78 is 16.2. The number of carbonyl (C=O) groups is 1. The van der Waals surface area contributed by atoms with Crippen LogP contribution >= 0.6 is 0 Å². The Morgan fingerprint density at radius 1 is 1.35 bits per heavy atom. The van der Waals surface area contributed by atoms with Crippen LogP contribution in [0.15, 0.2) is 18.2 Å². The Balaban J connectivity index is 1.83. The largest absolute Gasteiger partial charge is 0.497 e. The smallest absolute Gasteiger partial charge is 0.268 e. The second-order valence-corrected chi connectivity index (χ2v) is 5.79. The molecular formula is C17H22N2O4. The summed E-state index contributed by atoms with van der Waals surface area (Å²) in [6, 6.07) is 5.44. The standard InChI is InChI=1S/C17H22N2O4/c1-10(14-5-4-6-23-14)18-17(20)13-8-11-7-12(21-2)9-15(22-3)16(11)19-13/h7-10,14,19H,4-6H2,1-3H3,(H,18,20)/t10-,14-/m0/s1. The number of methoxy groups -OCH3 is 2. The van der Waals surface area contributed by atoms with E-state index in [9.17, 15) is 4.79 Å². The summed E-state index contributed by atoms with van der Waals surface area (Å²) in [6.07, 6.45) is 2.13. The van der Waals surface area contributed by atoms with Crippen molar-refractivity contribution in [2.24, 2.45) is 0 Å². The average Bonchev–Trinajstić information content (AvgIpc) is 3.22. The fraction of sp³-hybridized carbons (Fsp3) is 0.471. The fourth-order valence-corrected chi connectivity index (χ4v) is 2.96. The van der Waals surface area contributed by atoms with E-state index in [1.54, 1.807) is 26.4 Å². The summed E-state index contributed by atoms with van der Waals surface area (Å²) in [5.74, 6) is 1.18. The van der Waals surface area contributed by atoms with Gasteiger partial charge in [0.1, 0.15) is 17.2 Å². The highest BCUT2D eigenvalue weighted by Gasteiger charge is 2.24. The summed E-state index contributed by atoms with van der Waals surface area (Å²) in [4.78, 5) is 15.6. The first-order valence-corrected chi connectivity index (χ1v) is 7.79. The summed E-state index contributed by atoms with van der Waals surface area (Å²) in [5, 5.41) is 3.87. The topological polar surface area (TPSA) is 72.6 Å². The van der Waals surface area contributed by atoms with Crippen molar-refractivity contribution in [2.45, 2.75) is 31.9 Å². The predicted molar refractivity (Wildman–Crippen MR) is 87.3 cm³/mol. The molecule has 0 bridgehead atoms. The molecule has 124 valence electrons. The van der Waals surface area contributed by atoms with E-state index in [1.807, 2.05) is 13.0 Å². The van der Waals surface area contributed by atoms with Gasteiger partial charge < -0.3 is 24.5 Å². The van der Waals surface area contributed by atoms with Gasteiger partial charge in [-0.2, -0.15) is 0 Å². The summed E-state index contributed by atoms with van der Waals surface area (Å²) >= 11 is 0. The van der Waals surface area contributed by atoms with Gasteiger partial charge in [0.25, 0.3) is 5.91 Å². The average molecular weight is 318 g/mol. The van der Waals surface area contributed by atoms with E-state index >= 15 is 0 Å². The second kappa shape index (κ2) is 6.50. The van der Waals surface area contributed by atoms with E-state index in [4.69, 9.17) is 14.2 Å². The minimum atomic E-state index is -0.148. The quantitative estimate of drug-likeness (QED) is 0.888. The van der Waals surface area contributed by atoms with Gasteiger partial charge in [-0.1, -0.05) is 0 Å². The Bertz CT molecular complexity index is 704. The van der Waals surface area contributed by atoms with Crippen molar-refractivity contribution in [3.63, 3.8) is 0 Å². The summed E-state index contributed by atoms with van der Waals surface area (Å²) in [5.41, 5.74) is 1.28. The van der Waals surface area contributed by atoms with Gasteiger partial charge in [-0.05, 0) is 31.9 Å². The third-order valence-electron chi connectivity index (χ3n) is 4.25. The predicted octanol–water partition coefficient (Wildman–Crippen LogP) is 2.48. The van der Waals surface area contributed by atoms with Crippen LogP contribution in [0.2, 0.25) is 0 Å². The maximum Gasteiger partial charge on any atom is 0.268 e. The van der Waals surface area contributed by atoms with E-state index in [2.05, 4.69) is 10.3 Å². The first-order valence-electron chi connectivity index (χ1n) is 7.79. The Morgan fingerprint density at radius 2 is 2.17 bits per heavy atom. The third kappa shape index (κ3) is 3.12. The van der Waals surface area contributed by atoms with Gasteiger partial charge in [0.2, 0.25) is 0 Å². The molecule has 0 saturated carbocycles. The van der Waals surface area contributed by atoms with Crippen molar-refractivity contribution >= 4 is 16.8 Å². The number of H-pyrrole nitrogens is 1. The van der Waals surface area contributed by atoms with Crippen LogP contribution in [0.3, 0.4) is 0 Å². The molecule has 0 spiro atoms. The van der Waals surface area contributed by atoms with Crippen LogP contribution in [-0.4, -0.2) is 43.9 Å². The van der Waals surface area contributed by atoms with Gasteiger partial charge in [-0.25, -0.2) is 0 Å². The van der Waals surface area contributed by atoms with E-state index < -0.39 is 0 Å². The first-order chi connectivity index (χ1) is 11.1. The fourth-order valence-electron chi connectivity index (χ4n) is 2.96. The van der Waals surface area contributed by atoms with E-state index in [1.165, 1.54) is 0 Å². The van der Waals surface area contributed by atoms with E-state index in [-0.39, 0.29) is 18.1 Å². The monoisotopic (exact) mass is 318 g/mol. The van der Waals surface area contributed by atoms with Gasteiger partial charge in [0.05, 0.1) is 31.9 Å². The molecule has 6 heteroatoms. The highest BCUT2D eigenvalue weighted by molar-refractivity contribution is 6.00. The number of aromatic amines is 1. The molecule has 0 radical (unpaired) electrons. The zero-order valence-corrected chi connectivity index (χ0v) is 13.6. The number of carbonyl (C=O) groups excluding carboxylic acids is 1. The minimum Gasteiger partial charge on any atom is -0.497 e. The molecule has 0 unspecified atom stereocenters. The van der Waals surface area contributed by atoms with E-state index in [0.29, 0.717) is 17.2 Å². The molecule has 6 nitrogen and oxygen atoms in total. The SMILES string of the molecule is COc1cc(OC)c2[nH]c(C(=O)N[C@@H](C)[C@@H]3CCCO3)cc2c1. The van der Waals surface area contributed by atoms with Gasteiger partial charge in [-0.15, -0.1) is 0 Å². The number of benzene rings is 1. The molecule has 2 heterocycles. The lowest BCUT2D eigenvalue weighted by atomic mass is 10.1. The number of amides is 1. The van der Waals surface area contributed by atoms with Crippen LogP contribution in [0.5, 0.6) is 11.5 Å². The van der Waals surface area contributed by atoms with Gasteiger partial charge in [-0.3, -0.25) is 4.79 Å². The van der Waals surface area contributed by atoms with Crippen molar-refractivity contribution in [3.8, 4) is 11.5 Å². The van der Waals surface area contributed by atoms with Crippen LogP contribution in [0.1, 0.15) is 30.3 Å². The van der Waals surface area contributed by atoms with Gasteiger partial charge in [0, 0.05) is 18.1 Å². The Morgan fingerprint density at radius 3 is 2.83 bits per heavy atom. The number of rotatable bonds is 5. The molecule has 1 aromatic heterocycles. The molecule has 2 atom stereocenters. The highest BCUT2D eigenvalue weighted by atomic mass is 16.5. The molecule has 3 rings (SSSR count). The van der Waals surface area contributed by atoms with Crippen molar-refractivity contribution < 1.29 is 19.0 Å². The molecular weight excluding hydrogens is 296 g/mol. The van der Waals surface area contributed by atoms with Crippen LogP contribution in [0.25, 0.3) is 10.9 Å². The summed E-state index contributed by atoms with van der Waals surface area (Å²) in [7, 11) is 3.19. The van der Waals surface area contributed by atoms with Crippen LogP contribution in [0, 0.1) is 0 Å². The molecule has 23 heavy (non-hydrogen) atoms. The van der Waals surface area contributed by atoms with Crippen LogP contribution < -0.4 is 14.8 Å². The number of hydrogen-bond acceptors (Lipinski definition) is 4. The van der Waals surface area contributed by atoms with E-state index in [0.717, 1.165) is 30.4 Å². The minimum absolute atomic E-state index is 0.0205. The number of ether oxygens (including phenoxy) is 3. The third-order valence-corrected chi connectivity index (χ3v) is 4.25. The van der Waals surface area contributed by atoms with Crippen molar-refractivity contribution in [3.05, 3.63) is 23.9 Å². The molecule has 1 saturated heterocycles. The van der Waals surface area contributed by atoms with Crippen molar-refractivity contribution in [1.82, 2.24) is 10.3 Å². The molecule has 1 fully saturated rings. The highest BCUT2D eigenvalue weighted by Crippen LogP contribution is 2.31. The number of aromatic nitrogens is 1. The Labute approximate surface area is 135 Å². The number of fused-ring (bicyclic) bond motifs is 1. The maximum absolute atomic E-state index is 12.5. The molecule has 0 aliphatic carbocycles. The molecule has 1 aromatic carbocycles. The van der Waals surface area contributed by atoms with Crippen molar-refractivity contribution in [2.75, 3.05) is 20.8 Å². The van der Waals surface area contributed by atoms with Crippen LogP contribution in [-0.2, 0) is 4.74 Å². The first kappa shape index (κ1) is 15.7. The number of hydrogen-bond donors (Lipinski definition) is 2. The lowest BCUT2D eigenvalue weighted by molar-refractivity contribution is 0.0710. The Hall–Kier alpha value is -2.21. The second-order valence-electron chi connectivity index (χ2n) is 5.79.